The molecule has 0 fully saturated rings. The third-order valence-electron chi connectivity index (χ3n) is 4.97. The first-order chi connectivity index (χ1) is 14.5. The van der Waals surface area contributed by atoms with Crippen LogP contribution < -0.4 is 5.32 Å². The number of nitrogens with one attached hydrogen (secondary N) is 1. The Kier molecular flexibility index (Phi) is 5.20. The second kappa shape index (κ2) is 7.96. The smallest absolute Gasteiger partial charge is 0.338 e. The number of aromatic nitrogens is 2. The lowest BCUT2D eigenvalue weighted by Gasteiger charge is -2.30. The number of esters is 1. The number of benzene rings is 2. The number of methoxy groups -OCH3 is 1. The van der Waals surface area contributed by atoms with Crippen LogP contribution in [-0.2, 0) is 14.3 Å². The minimum Gasteiger partial charge on any atom is -0.460 e. The van der Waals surface area contributed by atoms with Crippen molar-refractivity contribution in [2.45, 2.75) is 13.0 Å². The summed E-state index contributed by atoms with van der Waals surface area (Å²) < 4.78 is 12.2. The predicted octanol–water partition coefficient (Wildman–Crippen LogP) is 3.42. The Balaban J connectivity index is 1.89. The van der Waals surface area contributed by atoms with Crippen LogP contribution in [-0.4, -0.2) is 40.8 Å². The molecule has 4 rings (SSSR count). The molecule has 0 bridgehead atoms. The quantitative estimate of drug-likeness (QED) is 0.288. The summed E-state index contributed by atoms with van der Waals surface area (Å²) in [6.45, 7) is 2.14. The average molecular weight is 408 g/mol. The van der Waals surface area contributed by atoms with E-state index in [2.05, 4.69) is 10.3 Å². The number of ether oxygens (including phenoxy) is 2. The van der Waals surface area contributed by atoms with E-state index in [9.17, 15) is 14.9 Å². The first-order valence-electron chi connectivity index (χ1n) is 9.36. The maximum absolute atomic E-state index is 13.0. The van der Waals surface area contributed by atoms with Crippen LogP contribution in [0, 0.1) is 10.1 Å². The number of nitro groups is 1. The molecule has 0 amide bonds. The number of allylic oxidation sites excluding steroid dienone is 1. The summed E-state index contributed by atoms with van der Waals surface area (Å²) in [7, 11) is 1.52. The van der Waals surface area contributed by atoms with Crippen LogP contribution in [0.1, 0.15) is 18.5 Å². The number of hydrogen-bond acceptors (Lipinski definition) is 7. The summed E-state index contributed by atoms with van der Waals surface area (Å²) in [5.74, 6) is 0.0376. The summed E-state index contributed by atoms with van der Waals surface area (Å²) in [5, 5.41) is 14.5. The minimum atomic E-state index is -0.636. The van der Waals surface area contributed by atoms with Gasteiger partial charge in [0.2, 0.25) is 5.95 Å². The third-order valence-corrected chi connectivity index (χ3v) is 4.97. The zero-order chi connectivity index (χ0) is 21.3. The molecule has 0 saturated heterocycles. The van der Waals surface area contributed by atoms with Crippen LogP contribution in [0.25, 0.3) is 11.0 Å². The lowest BCUT2D eigenvalue weighted by Crippen LogP contribution is -2.29. The molecule has 1 aliphatic rings. The number of carbonyl (C=O) groups is 1. The number of hydrogen-bond donors (Lipinski definition) is 1. The number of nitrogens with zero attached hydrogens (tertiary/aromatic N) is 3. The SMILES string of the molecule is COCCOC(=O)C1=C(C)Nc2nc3ccccc3n2[C@H]1c1cccc([N+](=O)[O-])c1. The highest BCUT2D eigenvalue weighted by molar-refractivity contribution is 5.94. The van der Waals surface area contributed by atoms with Crippen molar-refractivity contribution in [2.75, 3.05) is 25.6 Å². The van der Waals surface area contributed by atoms with Gasteiger partial charge in [-0.1, -0.05) is 24.3 Å². The molecule has 3 aromatic rings. The van der Waals surface area contributed by atoms with Crippen LogP contribution in [0.15, 0.2) is 59.8 Å². The summed E-state index contributed by atoms with van der Waals surface area (Å²) in [6.07, 6.45) is 0. The molecule has 2 heterocycles. The fraction of sp³-hybridized carbons (Fsp3) is 0.238. The van der Waals surface area contributed by atoms with Crippen molar-refractivity contribution >= 4 is 28.6 Å². The van der Waals surface area contributed by atoms with Gasteiger partial charge in [-0.25, -0.2) is 9.78 Å². The van der Waals surface area contributed by atoms with Crippen LogP contribution in [0.5, 0.6) is 0 Å². The topological polar surface area (TPSA) is 109 Å². The zero-order valence-electron chi connectivity index (χ0n) is 16.5. The molecular weight excluding hydrogens is 388 g/mol. The first kappa shape index (κ1) is 19.6. The van der Waals surface area contributed by atoms with Gasteiger partial charge in [-0.05, 0) is 24.6 Å². The highest BCUT2D eigenvalue weighted by Gasteiger charge is 2.35. The summed E-state index contributed by atoms with van der Waals surface area (Å²) in [6, 6.07) is 13.2. The Morgan fingerprint density at radius 1 is 1.23 bits per heavy atom. The Morgan fingerprint density at radius 3 is 2.80 bits per heavy atom. The lowest BCUT2D eigenvalue weighted by molar-refractivity contribution is -0.384. The Labute approximate surface area is 172 Å². The number of nitro benzene ring substituents is 1. The third kappa shape index (κ3) is 3.39. The fourth-order valence-corrected chi connectivity index (χ4v) is 3.65. The monoisotopic (exact) mass is 408 g/mol. The molecular formula is C21H20N4O5. The number of fused-ring (bicyclic) bond motifs is 3. The van der Waals surface area contributed by atoms with Crippen LogP contribution in [0.2, 0.25) is 0 Å². The van der Waals surface area contributed by atoms with Crippen LogP contribution in [0.4, 0.5) is 11.6 Å². The molecule has 1 atom stereocenters. The molecule has 2 aromatic carbocycles. The first-order valence-corrected chi connectivity index (χ1v) is 9.36. The van der Waals surface area contributed by atoms with Gasteiger partial charge in [0.1, 0.15) is 6.61 Å². The molecule has 0 saturated carbocycles. The van der Waals surface area contributed by atoms with Gasteiger partial charge in [0.15, 0.2) is 0 Å². The van der Waals surface area contributed by atoms with Crippen molar-refractivity contribution in [1.29, 1.82) is 0 Å². The van der Waals surface area contributed by atoms with Gasteiger partial charge in [0.25, 0.3) is 5.69 Å². The maximum Gasteiger partial charge on any atom is 0.338 e. The van der Waals surface area contributed by atoms with Crippen molar-refractivity contribution in [1.82, 2.24) is 9.55 Å². The Bertz CT molecular complexity index is 1170. The Hall–Kier alpha value is -3.72. The second-order valence-electron chi connectivity index (χ2n) is 6.84. The van der Waals surface area contributed by atoms with E-state index in [-0.39, 0.29) is 18.9 Å². The number of carbonyl (C=O) groups excluding carboxylic acids is 1. The van der Waals surface area contributed by atoms with E-state index >= 15 is 0 Å². The van der Waals surface area contributed by atoms with Crippen molar-refractivity contribution in [3.8, 4) is 0 Å². The van der Waals surface area contributed by atoms with E-state index < -0.39 is 16.9 Å². The number of imidazole rings is 1. The van der Waals surface area contributed by atoms with Gasteiger partial charge >= 0.3 is 5.97 Å². The van der Waals surface area contributed by atoms with Crippen molar-refractivity contribution in [3.05, 3.63) is 75.5 Å². The van der Waals surface area contributed by atoms with Gasteiger partial charge < -0.3 is 14.8 Å². The van der Waals surface area contributed by atoms with E-state index in [1.807, 2.05) is 28.8 Å². The normalized spacial score (nSPS) is 15.6. The van der Waals surface area contributed by atoms with E-state index in [1.54, 1.807) is 19.1 Å². The minimum absolute atomic E-state index is 0.0539. The molecule has 0 spiro atoms. The van der Waals surface area contributed by atoms with E-state index in [0.29, 0.717) is 22.8 Å². The van der Waals surface area contributed by atoms with Crippen LogP contribution >= 0.6 is 0 Å². The zero-order valence-corrected chi connectivity index (χ0v) is 16.5. The average Bonchev–Trinajstić information content (AvgIpc) is 3.10. The highest BCUT2D eigenvalue weighted by atomic mass is 16.6. The van der Waals surface area contributed by atoms with Crippen LogP contribution in [0.3, 0.4) is 0 Å². The molecule has 1 aliphatic heterocycles. The predicted molar refractivity (Wildman–Crippen MR) is 110 cm³/mol. The molecule has 0 aliphatic carbocycles. The molecule has 1 N–H and O–H groups in total. The second-order valence-corrected chi connectivity index (χ2v) is 6.84. The number of anilines is 1. The van der Waals surface area contributed by atoms with Gasteiger partial charge in [0.05, 0.1) is 34.2 Å². The Morgan fingerprint density at radius 2 is 2.03 bits per heavy atom. The largest absolute Gasteiger partial charge is 0.460 e. The van der Waals surface area contributed by atoms with Crippen molar-refractivity contribution in [2.24, 2.45) is 0 Å². The van der Waals surface area contributed by atoms with Gasteiger partial charge in [0, 0.05) is 24.9 Å². The van der Waals surface area contributed by atoms with E-state index in [4.69, 9.17) is 9.47 Å². The number of para-hydroxylation sites is 2. The van der Waals surface area contributed by atoms with E-state index in [1.165, 1.54) is 19.2 Å². The van der Waals surface area contributed by atoms with Gasteiger partial charge in [-0.15, -0.1) is 0 Å². The lowest BCUT2D eigenvalue weighted by atomic mass is 9.94. The maximum atomic E-state index is 13.0. The standard InChI is InChI=1S/C21H20N4O5/c1-13-18(20(26)30-11-10-29-2)19(14-6-5-7-15(12-14)25(27)28)24-17-9-4-3-8-16(17)23-21(24)22-13/h3-9,12,19H,10-11H2,1-2H3,(H,22,23)/t19-/m0/s1. The molecule has 30 heavy (non-hydrogen) atoms. The van der Waals surface area contributed by atoms with Gasteiger partial charge in [-0.3, -0.25) is 14.7 Å². The molecule has 9 nitrogen and oxygen atoms in total. The molecule has 0 unspecified atom stereocenters. The van der Waals surface area contributed by atoms with E-state index in [0.717, 1.165) is 11.0 Å². The number of non-ortho nitro benzene ring substituents is 1. The number of rotatable bonds is 6. The highest BCUT2D eigenvalue weighted by Crippen LogP contribution is 2.40. The summed E-state index contributed by atoms with van der Waals surface area (Å²) in [5.41, 5.74) is 3.03. The van der Waals surface area contributed by atoms with Gasteiger partial charge in [-0.2, -0.15) is 0 Å². The van der Waals surface area contributed by atoms with Crippen molar-refractivity contribution < 1.29 is 19.2 Å². The fourth-order valence-electron chi connectivity index (χ4n) is 3.65. The summed E-state index contributed by atoms with van der Waals surface area (Å²) in [4.78, 5) is 28.5. The molecule has 9 heteroatoms. The molecule has 1 aromatic heterocycles. The molecule has 0 radical (unpaired) electrons. The summed E-state index contributed by atoms with van der Waals surface area (Å²) >= 11 is 0. The van der Waals surface area contributed by atoms with Crippen molar-refractivity contribution in [3.63, 3.8) is 0 Å². The molecule has 154 valence electrons.